The van der Waals surface area contributed by atoms with Crippen molar-refractivity contribution in [2.24, 2.45) is 17.6 Å². The van der Waals surface area contributed by atoms with Crippen LogP contribution in [0.3, 0.4) is 0 Å². The molecule has 4 amide bonds. The zero-order chi connectivity index (χ0) is 22.1. The number of likely N-dealkylation sites (tertiary alicyclic amines) is 1. The first-order valence-electron chi connectivity index (χ1n) is 10.3. The van der Waals surface area contributed by atoms with E-state index in [-0.39, 0.29) is 18.4 Å². The van der Waals surface area contributed by atoms with Gasteiger partial charge in [-0.05, 0) is 38.0 Å². The molecule has 1 heterocycles. The van der Waals surface area contributed by atoms with E-state index in [0.717, 1.165) is 0 Å². The van der Waals surface area contributed by atoms with Crippen LogP contribution in [0.15, 0.2) is 0 Å². The molecule has 0 aromatic heterocycles. The second kappa shape index (κ2) is 11.7. The lowest BCUT2D eigenvalue weighted by Gasteiger charge is -2.34. The number of hydrogen-bond acceptors (Lipinski definition) is 6. The van der Waals surface area contributed by atoms with Crippen molar-refractivity contribution in [3.8, 4) is 0 Å². The molecule has 0 bridgehead atoms. The predicted molar refractivity (Wildman–Crippen MR) is 108 cm³/mol. The standard InChI is InChI=1S/C20H35N4O5/c1-6-13(5)16(22-18(26)15(21)12(3)4)19(27)23-17(25)14-10-8-9-11-24(14)20(28)29-7-2/h8,12-16H,6-7,9-11,21H2,1-5H3,(H,22,26)(H,23,25,27)/t13-,14?,15-,16-/m0/s1. The van der Waals surface area contributed by atoms with Gasteiger partial charge in [0, 0.05) is 6.54 Å². The lowest BCUT2D eigenvalue weighted by molar-refractivity contribution is -0.137. The summed E-state index contributed by atoms with van der Waals surface area (Å²) >= 11 is 0. The van der Waals surface area contributed by atoms with E-state index in [1.165, 1.54) is 4.90 Å². The number of imide groups is 1. The van der Waals surface area contributed by atoms with Gasteiger partial charge in [-0.25, -0.2) is 4.79 Å². The van der Waals surface area contributed by atoms with Gasteiger partial charge >= 0.3 is 6.09 Å². The monoisotopic (exact) mass is 411 g/mol. The summed E-state index contributed by atoms with van der Waals surface area (Å²) in [7, 11) is 0. The number of hydrogen-bond donors (Lipinski definition) is 3. The number of amides is 4. The lowest BCUT2D eigenvalue weighted by atomic mass is 9.96. The van der Waals surface area contributed by atoms with Crippen LogP contribution in [0.25, 0.3) is 0 Å². The molecule has 165 valence electrons. The summed E-state index contributed by atoms with van der Waals surface area (Å²) in [6.45, 7) is 9.57. The van der Waals surface area contributed by atoms with Gasteiger partial charge in [0.25, 0.3) is 0 Å². The van der Waals surface area contributed by atoms with Crippen LogP contribution in [0.4, 0.5) is 4.79 Å². The van der Waals surface area contributed by atoms with Crippen LogP contribution in [-0.4, -0.2) is 60.0 Å². The third-order valence-electron chi connectivity index (χ3n) is 5.21. The Balaban J connectivity index is 2.87. The topological polar surface area (TPSA) is 131 Å². The van der Waals surface area contributed by atoms with Crippen molar-refractivity contribution >= 4 is 23.8 Å². The Hall–Kier alpha value is -2.16. The first-order valence-corrected chi connectivity index (χ1v) is 10.3. The van der Waals surface area contributed by atoms with Gasteiger partial charge in [0.05, 0.1) is 12.6 Å². The van der Waals surface area contributed by atoms with Crippen LogP contribution < -0.4 is 16.4 Å². The van der Waals surface area contributed by atoms with E-state index in [9.17, 15) is 19.2 Å². The fourth-order valence-corrected chi connectivity index (χ4v) is 3.00. The molecular formula is C20H35N4O5. The maximum Gasteiger partial charge on any atom is 0.410 e. The highest BCUT2D eigenvalue weighted by atomic mass is 16.6. The van der Waals surface area contributed by atoms with E-state index >= 15 is 0 Å². The molecular weight excluding hydrogens is 376 g/mol. The highest BCUT2D eigenvalue weighted by Crippen LogP contribution is 2.18. The quantitative estimate of drug-likeness (QED) is 0.545. The second-order valence-corrected chi connectivity index (χ2v) is 7.72. The molecule has 1 saturated heterocycles. The Morgan fingerprint density at radius 1 is 1.17 bits per heavy atom. The van der Waals surface area contributed by atoms with Crippen molar-refractivity contribution < 1.29 is 23.9 Å². The summed E-state index contributed by atoms with van der Waals surface area (Å²) < 4.78 is 5.01. The molecule has 1 radical (unpaired) electrons. The number of carbonyl (C=O) groups is 4. The first kappa shape index (κ1) is 24.9. The highest BCUT2D eigenvalue weighted by Gasteiger charge is 2.36. The Bertz CT molecular complexity index is 595. The number of rotatable bonds is 8. The van der Waals surface area contributed by atoms with Crippen molar-refractivity contribution in [2.45, 2.75) is 72.0 Å². The number of carbonyl (C=O) groups excluding carboxylic acids is 4. The average Bonchev–Trinajstić information content (AvgIpc) is 2.70. The zero-order valence-electron chi connectivity index (χ0n) is 18.1. The highest BCUT2D eigenvalue weighted by molar-refractivity contribution is 6.02. The number of ether oxygens (including phenoxy) is 1. The third kappa shape index (κ3) is 6.99. The molecule has 1 rings (SSSR count). The minimum Gasteiger partial charge on any atom is -0.450 e. The van der Waals surface area contributed by atoms with Gasteiger partial charge in [-0.1, -0.05) is 34.1 Å². The van der Waals surface area contributed by atoms with Gasteiger partial charge in [-0.15, -0.1) is 0 Å². The molecule has 1 aliphatic heterocycles. The summed E-state index contributed by atoms with van der Waals surface area (Å²) in [5.41, 5.74) is 5.88. The van der Waals surface area contributed by atoms with Gasteiger partial charge in [0.2, 0.25) is 17.7 Å². The maximum atomic E-state index is 12.8. The Kier molecular flexibility index (Phi) is 10.1. The van der Waals surface area contributed by atoms with Gasteiger partial charge in [-0.3, -0.25) is 24.6 Å². The van der Waals surface area contributed by atoms with E-state index in [4.69, 9.17) is 10.5 Å². The number of nitrogens with zero attached hydrogens (tertiary/aromatic N) is 1. The molecule has 9 nitrogen and oxygen atoms in total. The van der Waals surface area contributed by atoms with Crippen LogP contribution in [0.1, 0.15) is 53.9 Å². The number of nitrogens with two attached hydrogens (primary N) is 1. The van der Waals surface area contributed by atoms with Crippen molar-refractivity contribution in [1.29, 1.82) is 0 Å². The van der Waals surface area contributed by atoms with E-state index < -0.39 is 41.9 Å². The maximum absolute atomic E-state index is 12.8. The molecule has 9 heteroatoms. The Morgan fingerprint density at radius 2 is 1.83 bits per heavy atom. The van der Waals surface area contributed by atoms with E-state index in [1.807, 2.05) is 34.1 Å². The zero-order valence-corrected chi connectivity index (χ0v) is 18.1. The van der Waals surface area contributed by atoms with Crippen molar-refractivity contribution in [3.05, 3.63) is 6.42 Å². The molecule has 1 unspecified atom stereocenters. The van der Waals surface area contributed by atoms with Gasteiger partial charge < -0.3 is 15.8 Å². The summed E-state index contributed by atoms with van der Waals surface area (Å²) in [6, 6.07) is -2.47. The molecule has 0 spiro atoms. The largest absolute Gasteiger partial charge is 0.450 e. The molecule has 1 fully saturated rings. The lowest BCUT2D eigenvalue weighted by Crippen LogP contribution is -2.59. The fourth-order valence-electron chi connectivity index (χ4n) is 3.00. The fraction of sp³-hybridized carbons (Fsp3) is 0.750. The second-order valence-electron chi connectivity index (χ2n) is 7.72. The molecule has 0 aromatic carbocycles. The van der Waals surface area contributed by atoms with Crippen LogP contribution >= 0.6 is 0 Å². The summed E-state index contributed by atoms with van der Waals surface area (Å²) in [4.78, 5) is 51.3. The van der Waals surface area contributed by atoms with Crippen LogP contribution in [-0.2, 0) is 19.1 Å². The molecule has 4 N–H and O–H groups in total. The van der Waals surface area contributed by atoms with E-state index in [1.54, 1.807) is 6.92 Å². The van der Waals surface area contributed by atoms with Crippen molar-refractivity contribution in [2.75, 3.05) is 13.2 Å². The normalized spacial score (nSPS) is 19.8. The minimum absolute atomic E-state index is 0.0896. The molecule has 29 heavy (non-hydrogen) atoms. The molecule has 0 aliphatic carbocycles. The van der Waals surface area contributed by atoms with Gasteiger partial charge in [0.15, 0.2) is 0 Å². The van der Waals surface area contributed by atoms with Crippen molar-refractivity contribution in [3.63, 3.8) is 0 Å². The third-order valence-corrected chi connectivity index (χ3v) is 5.21. The smallest absolute Gasteiger partial charge is 0.410 e. The Morgan fingerprint density at radius 3 is 2.38 bits per heavy atom. The van der Waals surface area contributed by atoms with Gasteiger partial charge in [0.1, 0.15) is 12.1 Å². The van der Waals surface area contributed by atoms with E-state index in [0.29, 0.717) is 25.8 Å². The molecule has 0 aromatic rings. The number of piperidine rings is 1. The number of nitrogens with one attached hydrogen (secondary N) is 2. The van der Waals surface area contributed by atoms with Gasteiger partial charge in [-0.2, -0.15) is 0 Å². The van der Waals surface area contributed by atoms with E-state index in [2.05, 4.69) is 10.6 Å². The molecule has 0 saturated carbocycles. The average molecular weight is 412 g/mol. The first-order chi connectivity index (χ1) is 13.6. The SMILES string of the molecule is CCOC(=O)N1CC[CH]CC1C(=O)NC(=O)[C@@H](NC(=O)[C@@H](N)C(C)C)[C@@H](C)CC. The van der Waals surface area contributed by atoms with Crippen LogP contribution in [0, 0.1) is 18.3 Å². The summed E-state index contributed by atoms with van der Waals surface area (Å²) in [5, 5.41) is 5.03. The van der Waals surface area contributed by atoms with Crippen molar-refractivity contribution in [1.82, 2.24) is 15.5 Å². The molecule has 4 atom stereocenters. The molecule has 1 aliphatic rings. The van der Waals surface area contributed by atoms with Crippen LogP contribution in [0.5, 0.6) is 0 Å². The summed E-state index contributed by atoms with van der Waals surface area (Å²) in [6.07, 6.45) is 2.92. The predicted octanol–water partition coefficient (Wildman–Crippen LogP) is 0.969. The summed E-state index contributed by atoms with van der Waals surface area (Å²) in [5.74, 6) is -1.93. The Labute approximate surface area is 173 Å². The van der Waals surface area contributed by atoms with Crippen LogP contribution in [0.2, 0.25) is 0 Å². The minimum atomic E-state index is -0.898.